The van der Waals surface area contributed by atoms with E-state index < -0.39 is 0 Å². The Bertz CT molecular complexity index is 126. The first-order chi connectivity index (χ1) is 4.33. The number of nitrogens with zero attached hydrogens (tertiary/aromatic N) is 1. The van der Waals surface area contributed by atoms with Crippen LogP contribution in [0.5, 0.6) is 0 Å². The second-order valence-electron chi connectivity index (χ2n) is 4.08. The van der Waals surface area contributed by atoms with Crippen LogP contribution in [0.4, 0.5) is 0 Å². The maximum Gasteiger partial charge on any atom is 0.0523 e. The van der Waals surface area contributed by atoms with Gasteiger partial charge in [-0.05, 0) is 33.6 Å². The first-order valence-electron chi connectivity index (χ1n) is 3.89. The van der Waals surface area contributed by atoms with Crippen LogP contribution in [0.1, 0.15) is 41.5 Å². The van der Waals surface area contributed by atoms with E-state index in [0.717, 1.165) is 0 Å². The normalized spacial score (nSPS) is 14.5. The Balaban J connectivity index is 4.17. The Morgan fingerprint density at radius 2 is 1.60 bits per heavy atom. The van der Waals surface area contributed by atoms with Gasteiger partial charge >= 0.3 is 0 Å². The van der Waals surface area contributed by atoms with Gasteiger partial charge in [0, 0.05) is 5.71 Å². The van der Waals surface area contributed by atoms with E-state index in [2.05, 4.69) is 46.5 Å². The van der Waals surface area contributed by atoms with Gasteiger partial charge in [0.1, 0.15) is 0 Å². The van der Waals surface area contributed by atoms with Gasteiger partial charge in [0.2, 0.25) is 0 Å². The van der Waals surface area contributed by atoms with Crippen LogP contribution in [0.3, 0.4) is 0 Å². The molecule has 0 saturated heterocycles. The summed E-state index contributed by atoms with van der Waals surface area (Å²) in [6, 6.07) is 0. The van der Waals surface area contributed by atoms with Crippen molar-refractivity contribution in [2.75, 3.05) is 0 Å². The molecule has 0 aliphatic rings. The van der Waals surface area contributed by atoms with Crippen molar-refractivity contribution < 1.29 is 0 Å². The molecule has 0 spiro atoms. The SMILES string of the molecule is CC(=NC(C)(C)C)C(C)C. The van der Waals surface area contributed by atoms with E-state index >= 15 is 0 Å². The van der Waals surface area contributed by atoms with Crippen LogP contribution < -0.4 is 0 Å². The van der Waals surface area contributed by atoms with Crippen molar-refractivity contribution in [2.24, 2.45) is 10.9 Å². The van der Waals surface area contributed by atoms with E-state index in [0.29, 0.717) is 5.92 Å². The molecule has 0 N–H and O–H groups in total. The van der Waals surface area contributed by atoms with Crippen molar-refractivity contribution in [3.05, 3.63) is 0 Å². The Labute approximate surface area is 64.6 Å². The fourth-order valence-corrected chi connectivity index (χ4v) is 0.658. The summed E-state index contributed by atoms with van der Waals surface area (Å²) in [5.41, 5.74) is 1.33. The van der Waals surface area contributed by atoms with E-state index in [9.17, 15) is 0 Å². The molecule has 1 nitrogen and oxygen atoms in total. The topological polar surface area (TPSA) is 12.4 Å². The van der Waals surface area contributed by atoms with Gasteiger partial charge in [-0.2, -0.15) is 0 Å². The molecule has 0 atom stereocenters. The lowest BCUT2D eigenvalue weighted by molar-refractivity contribution is 0.577. The molecule has 0 aromatic heterocycles. The highest BCUT2D eigenvalue weighted by atomic mass is 14.8. The van der Waals surface area contributed by atoms with Crippen molar-refractivity contribution in [2.45, 2.75) is 47.1 Å². The van der Waals surface area contributed by atoms with Crippen LogP contribution in [0, 0.1) is 5.92 Å². The summed E-state index contributed by atoms with van der Waals surface area (Å²) in [5.74, 6) is 0.583. The molecule has 0 rings (SSSR count). The standard InChI is InChI=1S/C9H19N/c1-7(2)8(3)10-9(4,5)6/h7H,1-6H3. The second-order valence-corrected chi connectivity index (χ2v) is 4.08. The molecule has 0 bridgehead atoms. The zero-order valence-electron chi connectivity index (χ0n) is 8.02. The average molecular weight is 141 g/mol. The van der Waals surface area contributed by atoms with Crippen LogP contribution in [0.2, 0.25) is 0 Å². The highest BCUT2D eigenvalue weighted by Gasteiger charge is 2.08. The third kappa shape index (κ3) is 4.54. The molecular formula is C9H19N. The van der Waals surface area contributed by atoms with E-state index in [4.69, 9.17) is 0 Å². The van der Waals surface area contributed by atoms with Gasteiger partial charge in [0.05, 0.1) is 5.54 Å². The first kappa shape index (κ1) is 9.67. The number of hydrogen-bond donors (Lipinski definition) is 0. The average Bonchev–Trinajstić information content (AvgIpc) is 1.60. The third-order valence-corrected chi connectivity index (χ3v) is 1.35. The van der Waals surface area contributed by atoms with Crippen molar-refractivity contribution >= 4 is 5.71 Å². The van der Waals surface area contributed by atoms with Crippen molar-refractivity contribution in [3.8, 4) is 0 Å². The van der Waals surface area contributed by atoms with E-state index in [1.807, 2.05) is 0 Å². The molecule has 0 aromatic carbocycles. The molecule has 0 radical (unpaired) electrons. The summed E-state index contributed by atoms with van der Waals surface area (Å²) in [6.45, 7) is 12.8. The highest BCUT2D eigenvalue weighted by Crippen LogP contribution is 2.09. The first-order valence-corrected chi connectivity index (χ1v) is 3.89. The molecule has 10 heavy (non-hydrogen) atoms. The maximum absolute atomic E-state index is 4.53. The van der Waals surface area contributed by atoms with Gasteiger partial charge in [-0.1, -0.05) is 13.8 Å². The molecule has 0 aromatic rings. The molecule has 0 aliphatic carbocycles. The quantitative estimate of drug-likeness (QED) is 0.498. The zero-order chi connectivity index (χ0) is 8.36. The van der Waals surface area contributed by atoms with Crippen LogP contribution in [0.15, 0.2) is 4.99 Å². The monoisotopic (exact) mass is 141 g/mol. The minimum Gasteiger partial charge on any atom is -0.288 e. The lowest BCUT2D eigenvalue weighted by Crippen LogP contribution is -2.15. The van der Waals surface area contributed by atoms with Gasteiger partial charge in [-0.15, -0.1) is 0 Å². The van der Waals surface area contributed by atoms with Crippen LogP contribution in [-0.4, -0.2) is 11.3 Å². The van der Waals surface area contributed by atoms with Crippen molar-refractivity contribution in [3.63, 3.8) is 0 Å². The van der Waals surface area contributed by atoms with Gasteiger partial charge in [0.25, 0.3) is 0 Å². The Morgan fingerprint density at radius 1 is 1.20 bits per heavy atom. The summed E-state index contributed by atoms with van der Waals surface area (Å²) in [7, 11) is 0. The molecule has 0 unspecified atom stereocenters. The van der Waals surface area contributed by atoms with Gasteiger partial charge in [-0.25, -0.2) is 0 Å². The molecule has 0 amide bonds. The predicted molar refractivity (Wildman–Crippen MR) is 47.7 cm³/mol. The molecule has 0 saturated carbocycles. The lowest BCUT2D eigenvalue weighted by Gasteiger charge is -2.15. The molecule has 0 aliphatic heterocycles. The fraction of sp³-hybridized carbons (Fsp3) is 0.889. The van der Waals surface area contributed by atoms with Crippen LogP contribution in [0.25, 0.3) is 0 Å². The number of rotatable bonds is 1. The van der Waals surface area contributed by atoms with Crippen molar-refractivity contribution in [1.82, 2.24) is 0 Å². The smallest absolute Gasteiger partial charge is 0.0523 e. The van der Waals surface area contributed by atoms with E-state index in [-0.39, 0.29) is 5.54 Å². The largest absolute Gasteiger partial charge is 0.288 e. The molecule has 1 heteroatoms. The Hall–Kier alpha value is -0.330. The van der Waals surface area contributed by atoms with Gasteiger partial charge in [-0.3, -0.25) is 4.99 Å². The van der Waals surface area contributed by atoms with E-state index in [1.54, 1.807) is 0 Å². The third-order valence-electron chi connectivity index (χ3n) is 1.35. The highest BCUT2D eigenvalue weighted by molar-refractivity contribution is 5.84. The maximum atomic E-state index is 4.53. The fourth-order valence-electron chi connectivity index (χ4n) is 0.658. The summed E-state index contributed by atoms with van der Waals surface area (Å²) in [5, 5.41) is 0. The van der Waals surface area contributed by atoms with Crippen LogP contribution in [-0.2, 0) is 0 Å². The van der Waals surface area contributed by atoms with Crippen molar-refractivity contribution in [1.29, 1.82) is 0 Å². The summed E-state index contributed by atoms with van der Waals surface area (Å²) < 4.78 is 0. The molecule has 0 fully saturated rings. The Kier molecular flexibility index (Phi) is 3.07. The molecule has 60 valence electrons. The minimum absolute atomic E-state index is 0.0916. The molecular weight excluding hydrogens is 122 g/mol. The number of aliphatic imine (C=N–C) groups is 1. The zero-order valence-corrected chi connectivity index (χ0v) is 8.02. The van der Waals surface area contributed by atoms with E-state index in [1.165, 1.54) is 5.71 Å². The van der Waals surface area contributed by atoms with Crippen LogP contribution >= 0.6 is 0 Å². The summed E-state index contributed by atoms with van der Waals surface area (Å²) in [4.78, 5) is 4.53. The summed E-state index contributed by atoms with van der Waals surface area (Å²) in [6.07, 6.45) is 0. The summed E-state index contributed by atoms with van der Waals surface area (Å²) >= 11 is 0. The van der Waals surface area contributed by atoms with Gasteiger partial charge < -0.3 is 0 Å². The molecule has 0 heterocycles. The Morgan fingerprint density at radius 3 is 1.70 bits per heavy atom. The lowest BCUT2D eigenvalue weighted by atomic mass is 10.1. The second kappa shape index (κ2) is 3.18. The number of hydrogen-bond acceptors (Lipinski definition) is 1. The minimum atomic E-state index is 0.0916. The predicted octanol–water partition coefficient (Wildman–Crippen LogP) is 2.90. The van der Waals surface area contributed by atoms with Gasteiger partial charge in [0.15, 0.2) is 0 Å².